The smallest absolute Gasteiger partial charge is 0.410 e. The quantitative estimate of drug-likeness (QED) is 0.848. The van der Waals surface area contributed by atoms with Crippen LogP contribution >= 0.6 is 0 Å². The third kappa shape index (κ3) is 3.93. The van der Waals surface area contributed by atoms with E-state index in [1.807, 2.05) is 37.8 Å². The molecule has 122 valence electrons. The number of hydrogen-bond acceptors (Lipinski definition) is 3. The number of nitrogens with zero attached hydrogens (tertiary/aromatic N) is 1. The van der Waals surface area contributed by atoms with Crippen LogP contribution in [0.15, 0.2) is 24.3 Å². The van der Waals surface area contributed by atoms with Crippen LogP contribution in [0.4, 0.5) is 4.79 Å². The van der Waals surface area contributed by atoms with E-state index in [2.05, 4.69) is 13.8 Å². The number of phenolic OH excluding ortho intramolecular Hbond substituents is 1. The Bertz CT molecular complexity index is 528. The number of carbonyl (C=O) groups excluding carboxylic acids is 1. The first kappa shape index (κ1) is 16.7. The Labute approximate surface area is 133 Å². The molecule has 1 unspecified atom stereocenters. The molecular formula is C18H27NO3. The largest absolute Gasteiger partial charge is 0.508 e. The summed E-state index contributed by atoms with van der Waals surface area (Å²) >= 11 is 0. The number of piperidine rings is 1. The lowest BCUT2D eigenvalue weighted by Crippen LogP contribution is -2.48. The zero-order chi connectivity index (χ0) is 16.5. The van der Waals surface area contributed by atoms with Crippen LogP contribution in [0.3, 0.4) is 0 Å². The monoisotopic (exact) mass is 305 g/mol. The summed E-state index contributed by atoms with van der Waals surface area (Å²) in [5.74, 6) is 0.652. The van der Waals surface area contributed by atoms with Gasteiger partial charge in [-0.2, -0.15) is 0 Å². The fourth-order valence-electron chi connectivity index (χ4n) is 3.16. The molecule has 4 heteroatoms. The van der Waals surface area contributed by atoms with Crippen LogP contribution in [0.5, 0.6) is 5.75 Å². The fourth-order valence-corrected chi connectivity index (χ4v) is 3.16. The number of carbonyl (C=O) groups is 1. The number of phenols is 1. The molecule has 1 N–H and O–H groups in total. The number of hydrogen-bond donors (Lipinski definition) is 1. The van der Waals surface area contributed by atoms with Gasteiger partial charge in [0.15, 0.2) is 0 Å². The van der Waals surface area contributed by atoms with Gasteiger partial charge in [-0.25, -0.2) is 4.79 Å². The van der Waals surface area contributed by atoms with E-state index in [-0.39, 0.29) is 17.3 Å². The minimum absolute atomic E-state index is 0.0356. The molecule has 0 aromatic heterocycles. The Kier molecular flexibility index (Phi) is 4.41. The summed E-state index contributed by atoms with van der Waals surface area (Å²) in [5.41, 5.74) is 0.716. The van der Waals surface area contributed by atoms with E-state index in [0.717, 1.165) is 6.42 Å². The Morgan fingerprint density at radius 1 is 1.27 bits per heavy atom. The molecule has 1 amide bonds. The normalized spacial score (nSPS) is 21.5. The molecule has 0 bridgehead atoms. The highest BCUT2D eigenvalue weighted by Crippen LogP contribution is 2.42. The molecule has 0 aliphatic carbocycles. The van der Waals surface area contributed by atoms with Crippen molar-refractivity contribution in [1.82, 2.24) is 4.90 Å². The molecule has 1 saturated heterocycles. The van der Waals surface area contributed by atoms with E-state index in [0.29, 0.717) is 19.0 Å². The van der Waals surface area contributed by atoms with Crippen molar-refractivity contribution in [3.8, 4) is 5.75 Å². The third-order valence-electron chi connectivity index (χ3n) is 4.18. The van der Waals surface area contributed by atoms with E-state index < -0.39 is 5.60 Å². The van der Waals surface area contributed by atoms with Crippen molar-refractivity contribution in [2.45, 2.75) is 52.6 Å². The van der Waals surface area contributed by atoms with Gasteiger partial charge in [-0.3, -0.25) is 0 Å². The summed E-state index contributed by atoms with van der Waals surface area (Å²) in [6.45, 7) is 11.4. The van der Waals surface area contributed by atoms with E-state index in [4.69, 9.17) is 4.74 Å². The average Bonchev–Trinajstić information content (AvgIpc) is 2.37. The fraction of sp³-hybridized carbons (Fsp3) is 0.611. The Morgan fingerprint density at radius 2 is 1.86 bits per heavy atom. The molecule has 2 rings (SSSR count). The lowest BCUT2D eigenvalue weighted by molar-refractivity contribution is 0.00479. The topological polar surface area (TPSA) is 49.8 Å². The van der Waals surface area contributed by atoms with Gasteiger partial charge >= 0.3 is 6.09 Å². The van der Waals surface area contributed by atoms with Gasteiger partial charge in [-0.15, -0.1) is 0 Å². The predicted molar refractivity (Wildman–Crippen MR) is 87.1 cm³/mol. The first-order valence-corrected chi connectivity index (χ1v) is 7.85. The number of aromatic hydroxyl groups is 1. The minimum Gasteiger partial charge on any atom is -0.508 e. The molecule has 0 saturated carbocycles. The molecule has 1 atom stereocenters. The number of likely N-dealkylation sites (tertiary alicyclic amines) is 1. The van der Waals surface area contributed by atoms with Gasteiger partial charge in [-0.1, -0.05) is 26.0 Å². The molecule has 1 aromatic carbocycles. The van der Waals surface area contributed by atoms with Crippen LogP contribution in [0, 0.1) is 5.41 Å². The van der Waals surface area contributed by atoms with Crippen molar-refractivity contribution in [2.75, 3.05) is 13.1 Å². The Hall–Kier alpha value is -1.71. The molecule has 1 aromatic rings. The zero-order valence-electron chi connectivity index (χ0n) is 14.2. The van der Waals surface area contributed by atoms with Crippen LogP contribution < -0.4 is 0 Å². The zero-order valence-corrected chi connectivity index (χ0v) is 14.2. The van der Waals surface area contributed by atoms with E-state index in [1.165, 1.54) is 5.56 Å². The molecule has 0 spiro atoms. The molecule has 1 heterocycles. The summed E-state index contributed by atoms with van der Waals surface area (Å²) in [5, 5.41) is 9.44. The van der Waals surface area contributed by atoms with Crippen LogP contribution in [-0.4, -0.2) is 34.8 Å². The Morgan fingerprint density at radius 3 is 2.36 bits per heavy atom. The third-order valence-corrected chi connectivity index (χ3v) is 4.18. The van der Waals surface area contributed by atoms with Gasteiger partial charge in [0.1, 0.15) is 11.4 Å². The number of ether oxygens (including phenoxy) is 1. The maximum atomic E-state index is 12.3. The van der Waals surface area contributed by atoms with Gasteiger partial charge in [0.05, 0.1) is 0 Å². The van der Waals surface area contributed by atoms with Gasteiger partial charge in [0, 0.05) is 13.1 Å². The molecule has 22 heavy (non-hydrogen) atoms. The maximum absolute atomic E-state index is 12.3. The number of amides is 1. The van der Waals surface area contributed by atoms with Crippen molar-refractivity contribution in [3.05, 3.63) is 29.8 Å². The Balaban J connectivity index is 2.09. The van der Waals surface area contributed by atoms with Crippen LogP contribution in [0.2, 0.25) is 0 Å². The minimum atomic E-state index is -0.463. The molecule has 0 radical (unpaired) electrons. The first-order chi connectivity index (χ1) is 10.1. The molecule has 4 nitrogen and oxygen atoms in total. The van der Waals surface area contributed by atoms with E-state index in [1.54, 1.807) is 12.1 Å². The van der Waals surface area contributed by atoms with Crippen molar-refractivity contribution >= 4 is 6.09 Å². The van der Waals surface area contributed by atoms with Gasteiger partial charge in [-0.05, 0) is 56.2 Å². The summed E-state index contributed by atoms with van der Waals surface area (Å²) in [4.78, 5) is 14.1. The SMILES string of the molecule is CC(C)(C)OC(=O)N1CCC(c2ccc(O)cc2)C(C)(C)C1. The molecule has 1 aliphatic heterocycles. The molecule has 1 aliphatic rings. The van der Waals surface area contributed by atoms with E-state index >= 15 is 0 Å². The molecule has 1 fully saturated rings. The highest BCUT2D eigenvalue weighted by molar-refractivity contribution is 5.68. The lowest BCUT2D eigenvalue weighted by Gasteiger charge is -2.44. The van der Waals surface area contributed by atoms with E-state index in [9.17, 15) is 9.90 Å². The summed E-state index contributed by atoms with van der Waals surface area (Å²) < 4.78 is 5.48. The highest BCUT2D eigenvalue weighted by Gasteiger charge is 2.39. The first-order valence-electron chi connectivity index (χ1n) is 7.85. The van der Waals surface area contributed by atoms with Gasteiger partial charge in [0.2, 0.25) is 0 Å². The van der Waals surface area contributed by atoms with Gasteiger partial charge < -0.3 is 14.7 Å². The predicted octanol–water partition coefficient (Wildman–Crippen LogP) is 4.14. The van der Waals surface area contributed by atoms with Crippen molar-refractivity contribution in [1.29, 1.82) is 0 Å². The van der Waals surface area contributed by atoms with Crippen molar-refractivity contribution in [2.24, 2.45) is 5.41 Å². The lowest BCUT2D eigenvalue weighted by atomic mass is 9.70. The second-order valence-electron chi connectivity index (χ2n) is 7.82. The highest BCUT2D eigenvalue weighted by atomic mass is 16.6. The summed E-state index contributed by atoms with van der Waals surface area (Å²) in [6.07, 6.45) is 0.668. The standard InChI is InChI=1S/C18H27NO3/c1-17(2,3)22-16(21)19-11-10-15(18(4,5)12-19)13-6-8-14(20)9-7-13/h6-9,15,20H,10-12H2,1-5H3. The number of rotatable bonds is 1. The second-order valence-corrected chi connectivity index (χ2v) is 7.82. The number of benzene rings is 1. The van der Waals surface area contributed by atoms with Crippen molar-refractivity contribution in [3.63, 3.8) is 0 Å². The average molecular weight is 305 g/mol. The maximum Gasteiger partial charge on any atom is 0.410 e. The van der Waals surface area contributed by atoms with Gasteiger partial charge in [0.25, 0.3) is 0 Å². The summed E-state index contributed by atoms with van der Waals surface area (Å²) in [6, 6.07) is 7.41. The van der Waals surface area contributed by atoms with Crippen LogP contribution in [0.1, 0.15) is 52.5 Å². The molecular weight excluding hydrogens is 278 g/mol. The van der Waals surface area contributed by atoms with Crippen LogP contribution in [0.25, 0.3) is 0 Å². The summed E-state index contributed by atoms with van der Waals surface area (Å²) in [7, 11) is 0. The second kappa shape index (κ2) is 5.82. The van der Waals surface area contributed by atoms with Crippen molar-refractivity contribution < 1.29 is 14.6 Å². The van der Waals surface area contributed by atoms with Crippen LogP contribution in [-0.2, 0) is 4.74 Å².